The van der Waals surface area contributed by atoms with E-state index in [0.717, 1.165) is 28.3 Å². The van der Waals surface area contributed by atoms with Crippen molar-refractivity contribution in [1.82, 2.24) is 19.5 Å². The average Bonchev–Trinajstić information content (AvgIpc) is 3.01. The van der Waals surface area contributed by atoms with Gasteiger partial charge in [-0.05, 0) is 51.0 Å². The lowest BCUT2D eigenvalue weighted by molar-refractivity contribution is 0.0727. The van der Waals surface area contributed by atoms with Gasteiger partial charge in [0.25, 0.3) is 0 Å². The number of methoxy groups -OCH3 is 1. The van der Waals surface area contributed by atoms with Gasteiger partial charge in [0.15, 0.2) is 0 Å². The predicted molar refractivity (Wildman–Crippen MR) is 99.7 cm³/mol. The Balaban J connectivity index is 1.92. The van der Waals surface area contributed by atoms with Crippen LogP contribution in [0, 0.1) is 13.8 Å². The second-order valence-electron chi connectivity index (χ2n) is 6.98. The minimum atomic E-state index is -0.997. The minimum absolute atomic E-state index is 0.558. The van der Waals surface area contributed by atoms with Crippen LogP contribution in [0.2, 0.25) is 0 Å². The number of nitrogens with zero attached hydrogens (tertiary/aromatic N) is 4. The Morgan fingerprint density at radius 2 is 1.96 bits per heavy atom. The third-order valence-corrected chi connectivity index (χ3v) is 4.20. The van der Waals surface area contributed by atoms with Gasteiger partial charge in [0.05, 0.1) is 30.5 Å². The van der Waals surface area contributed by atoms with E-state index in [1.54, 1.807) is 33.5 Å². The summed E-state index contributed by atoms with van der Waals surface area (Å²) in [6.07, 6.45) is 6.04. The molecule has 0 aliphatic rings. The molecule has 6 heteroatoms. The Hall–Kier alpha value is -2.73. The molecule has 136 valence electrons. The second-order valence-corrected chi connectivity index (χ2v) is 6.98. The molecule has 3 aromatic rings. The predicted octanol–water partition coefficient (Wildman–Crippen LogP) is 3.11. The van der Waals surface area contributed by atoms with Crippen molar-refractivity contribution in [1.29, 1.82) is 0 Å². The quantitative estimate of drug-likeness (QED) is 0.764. The van der Waals surface area contributed by atoms with Crippen LogP contribution in [0.4, 0.5) is 0 Å². The highest BCUT2D eigenvalue weighted by atomic mass is 16.5. The van der Waals surface area contributed by atoms with Crippen molar-refractivity contribution in [3.8, 4) is 11.4 Å². The van der Waals surface area contributed by atoms with Crippen LogP contribution in [0.15, 0.2) is 36.9 Å². The third kappa shape index (κ3) is 3.75. The Morgan fingerprint density at radius 1 is 1.19 bits per heavy atom. The average molecular weight is 352 g/mol. The summed E-state index contributed by atoms with van der Waals surface area (Å²) in [4.78, 5) is 13.2. The van der Waals surface area contributed by atoms with Crippen LogP contribution in [0.3, 0.4) is 0 Å². The van der Waals surface area contributed by atoms with Gasteiger partial charge in [-0.1, -0.05) is 6.07 Å². The van der Waals surface area contributed by atoms with Crippen molar-refractivity contribution >= 4 is 0 Å². The summed E-state index contributed by atoms with van der Waals surface area (Å²) in [6.45, 7) is 7.32. The highest BCUT2D eigenvalue weighted by Crippen LogP contribution is 2.26. The third-order valence-electron chi connectivity index (χ3n) is 4.20. The van der Waals surface area contributed by atoms with Crippen LogP contribution in [0.1, 0.15) is 42.2 Å². The summed E-state index contributed by atoms with van der Waals surface area (Å²) < 4.78 is 7.49. The van der Waals surface area contributed by atoms with E-state index in [4.69, 9.17) is 4.74 Å². The van der Waals surface area contributed by atoms with Crippen molar-refractivity contribution in [3.05, 3.63) is 65.3 Å². The van der Waals surface area contributed by atoms with E-state index in [1.165, 1.54) is 0 Å². The first-order chi connectivity index (χ1) is 12.3. The highest BCUT2D eigenvalue weighted by molar-refractivity contribution is 5.49. The number of aliphatic hydroxyl groups is 1. The van der Waals surface area contributed by atoms with E-state index in [1.807, 2.05) is 42.8 Å². The minimum Gasteiger partial charge on any atom is -0.495 e. The van der Waals surface area contributed by atoms with Gasteiger partial charge >= 0.3 is 0 Å². The van der Waals surface area contributed by atoms with Crippen LogP contribution in [0.25, 0.3) is 5.69 Å². The molecule has 0 unspecified atom stereocenters. The molecule has 26 heavy (non-hydrogen) atoms. The molecule has 1 N–H and O–H groups in total. The molecule has 2 heterocycles. The zero-order valence-electron chi connectivity index (χ0n) is 15.8. The lowest BCUT2D eigenvalue weighted by Gasteiger charge is -2.19. The molecule has 3 rings (SSSR count). The number of aromatic nitrogens is 4. The second kappa shape index (κ2) is 6.88. The van der Waals surface area contributed by atoms with E-state index in [9.17, 15) is 5.11 Å². The maximum absolute atomic E-state index is 10.3. The topological polar surface area (TPSA) is 73.1 Å². The van der Waals surface area contributed by atoms with E-state index >= 15 is 0 Å². The molecule has 0 amide bonds. The molecule has 0 spiro atoms. The molecule has 0 atom stereocenters. The summed E-state index contributed by atoms with van der Waals surface area (Å²) in [5, 5.41) is 10.3. The number of ether oxygens (including phenoxy) is 1. The van der Waals surface area contributed by atoms with Gasteiger partial charge in [-0.3, -0.25) is 0 Å². The molecule has 0 saturated heterocycles. The molecule has 0 saturated carbocycles. The van der Waals surface area contributed by atoms with Crippen LogP contribution >= 0.6 is 0 Å². The van der Waals surface area contributed by atoms with E-state index in [-0.39, 0.29) is 0 Å². The standard InChI is InChI=1S/C20H24N4O2/c1-13-10-21-18(23-19(13)20(3,4)25)9-15-6-7-16(17(8-15)26-5)24-11-14(2)22-12-24/h6-8,10-12,25H,9H2,1-5H3. The summed E-state index contributed by atoms with van der Waals surface area (Å²) in [6, 6.07) is 6.01. The zero-order valence-corrected chi connectivity index (χ0v) is 15.8. The lowest BCUT2D eigenvalue weighted by Crippen LogP contribution is -2.20. The first-order valence-electron chi connectivity index (χ1n) is 8.51. The summed E-state index contributed by atoms with van der Waals surface area (Å²) >= 11 is 0. The first kappa shape index (κ1) is 18.1. The van der Waals surface area contributed by atoms with Crippen LogP contribution in [-0.4, -0.2) is 31.7 Å². The molecular weight excluding hydrogens is 328 g/mol. The van der Waals surface area contributed by atoms with Gasteiger partial charge < -0.3 is 14.4 Å². The Morgan fingerprint density at radius 3 is 2.58 bits per heavy atom. The fourth-order valence-corrected chi connectivity index (χ4v) is 2.96. The lowest BCUT2D eigenvalue weighted by atomic mass is 10.0. The Labute approximate surface area is 153 Å². The van der Waals surface area contributed by atoms with Gasteiger partial charge in [-0.2, -0.15) is 0 Å². The van der Waals surface area contributed by atoms with Crippen LogP contribution in [0.5, 0.6) is 5.75 Å². The molecule has 0 fully saturated rings. The van der Waals surface area contributed by atoms with E-state index in [0.29, 0.717) is 17.9 Å². The molecule has 0 aliphatic carbocycles. The zero-order chi connectivity index (χ0) is 18.9. The summed E-state index contributed by atoms with van der Waals surface area (Å²) in [5.41, 5.74) is 3.45. The first-order valence-corrected chi connectivity index (χ1v) is 8.51. The Kier molecular flexibility index (Phi) is 4.78. The summed E-state index contributed by atoms with van der Waals surface area (Å²) in [5.74, 6) is 1.43. The smallest absolute Gasteiger partial charge is 0.143 e. The monoisotopic (exact) mass is 352 g/mol. The molecular formula is C20H24N4O2. The van der Waals surface area contributed by atoms with Gasteiger partial charge in [-0.15, -0.1) is 0 Å². The van der Waals surface area contributed by atoms with Gasteiger partial charge in [0.2, 0.25) is 0 Å². The maximum atomic E-state index is 10.3. The van der Waals surface area contributed by atoms with Gasteiger partial charge in [-0.25, -0.2) is 15.0 Å². The fraction of sp³-hybridized carbons (Fsp3) is 0.350. The van der Waals surface area contributed by atoms with Crippen molar-refractivity contribution in [2.45, 2.75) is 39.7 Å². The normalized spacial score (nSPS) is 11.6. The number of hydrogen-bond acceptors (Lipinski definition) is 5. The molecule has 0 bridgehead atoms. The summed E-state index contributed by atoms with van der Waals surface area (Å²) in [7, 11) is 1.65. The highest BCUT2D eigenvalue weighted by Gasteiger charge is 2.21. The van der Waals surface area contributed by atoms with Gasteiger partial charge in [0.1, 0.15) is 17.2 Å². The van der Waals surface area contributed by atoms with Crippen LogP contribution in [-0.2, 0) is 12.0 Å². The molecule has 6 nitrogen and oxygen atoms in total. The van der Waals surface area contributed by atoms with E-state index < -0.39 is 5.60 Å². The number of benzene rings is 1. The van der Waals surface area contributed by atoms with Crippen molar-refractivity contribution in [3.63, 3.8) is 0 Å². The van der Waals surface area contributed by atoms with Crippen molar-refractivity contribution < 1.29 is 9.84 Å². The number of aryl methyl sites for hydroxylation is 2. The van der Waals surface area contributed by atoms with Crippen molar-refractivity contribution in [2.75, 3.05) is 7.11 Å². The van der Waals surface area contributed by atoms with Crippen LogP contribution < -0.4 is 4.74 Å². The van der Waals surface area contributed by atoms with Gasteiger partial charge in [0, 0.05) is 18.8 Å². The Bertz CT molecular complexity index is 926. The molecule has 0 aliphatic heterocycles. The van der Waals surface area contributed by atoms with Crippen molar-refractivity contribution in [2.24, 2.45) is 0 Å². The van der Waals surface area contributed by atoms with E-state index in [2.05, 4.69) is 15.0 Å². The fourth-order valence-electron chi connectivity index (χ4n) is 2.96. The molecule has 0 radical (unpaired) electrons. The maximum Gasteiger partial charge on any atom is 0.143 e. The number of rotatable bonds is 5. The molecule has 1 aromatic carbocycles. The SMILES string of the molecule is COc1cc(Cc2ncc(C)c(C(C)(C)O)n2)ccc1-n1cnc(C)c1. The number of imidazole rings is 1. The largest absolute Gasteiger partial charge is 0.495 e. The molecule has 2 aromatic heterocycles. The number of hydrogen-bond donors (Lipinski definition) is 1.